The molecule has 1 aliphatic rings. The standard InChI is InChI=1S/C13H23N3S/c1-11(12-8-17-10-15-12)14-9-13(2)4-6-16(3)7-5-13/h8,10-11,14H,4-7,9H2,1-3H3. The molecule has 4 heteroatoms. The molecule has 3 nitrogen and oxygen atoms in total. The molecule has 96 valence electrons. The number of likely N-dealkylation sites (tertiary alicyclic amines) is 1. The maximum absolute atomic E-state index is 4.36. The lowest BCUT2D eigenvalue weighted by atomic mass is 9.80. The van der Waals surface area contributed by atoms with E-state index in [-0.39, 0.29) is 0 Å². The molecular formula is C13H23N3S. The van der Waals surface area contributed by atoms with Crippen LogP contribution in [0.5, 0.6) is 0 Å². The van der Waals surface area contributed by atoms with Gasteiger partial charge in [0.2, 0.25) is 0 Å². The molecule has 0 spiro atoms. The summed E-state index contributed by atoms with van der Waals surface area (Å²) in [5, 5.41) is 5.77. The molecule has 1 aromatic rings. The summed E-state index contributed by atoms with van der Waals surface area (Å²) in [6.07, 6.45) is 2.58. The average molecular weight is 253 g/mol. The molecule has 0 aliphatic carbocycles. The second kappa shape index (κ2) is 5.46. The van der Waals surface area contributed by atoms with Crippen LogP contribution in [0.1, 0.15) is 38.4 Å². The monoisotopic (exact) mass is 253 g/mol. The van der Waals surface area contributed by atoms with E-state index in [4.69, 9.17) is 0 Å². The van der Waals surface area contributed by atoms with Gasteiger partial charge >= 0.3 is 0 Å². The van der Waals surface area contributed by atoms with Crippen molar-refractivity contribution in [3.05, 3.63) is 16.6 Å². The van der Waals surface area contributed by atoms with E-state index in [0.29, 0.717) is 11.5 Å². The van der Waals surface area contributed by atoms with Crippen molar-refractivity contribution in [2.75, 3.05) is 26.7 Å². The van der Waals surface area contributed by atoms with Crippen LogP contribution >= 0.6 is 11.3 Å². The van der Waals surface area contributed by atoms with Gasteiger partial charge in [-0.25, -0.2) is 4.98 Å². The lowest BCUT2D eigenvalue weighted by molar-refractivity contribution is 0.134. The quantitative estimate of drug-likeness (QED) is 0.894. The molecule has 0 aromatic carbocycles. The highest BCUT2D eigenvalue weighted by molar-refractivity contribution is 7.07. The number of hydrogen-bond donors (Lipinski definition) is 1. The van der Waals surface area contributed by atoms with Crippen LogP contribution in [0.4, 0.5) is 0 Å². The van der Waals surface area contributed by atoms with Crippen LogP contribution in [0, 0.1) is 5.41 Å². The summed E-state index contributed by atoms with van der Waals surface area (Å²) in [4.78, 5) is 6.78. The third-order valence-corrected chi connectivity index (χ3v) is 4.53. The molecule has 17 heavy (non-hydrogen) atoms. The zero-order chi connectivity index (χ0) is 12.3. The van der Waals surface area contributed by atoms with E-state index in [1.165, 1.54) is 31.6 Å². The Bertz CT molecular complexity index is 328. The molecule has 1 aliphatic heterocycles. The largest absolute Gasteiger partial charge is 0.308 e. The van der Waals surface area contributed by atoms with Crippen LogP contribution in [0.3, 0.4) is 0 Å². The van der Waals surface area contributed by atoms with Gasteiger partial charge in [0, 0.05) is 18.0 Å². The number of nitrogens with zero attached hydrogens (tertiary/aromatic N) is 2. The van der Waals surface area contributed by atoms with Crippen molar-refractivity contribution in [1.82, 2.24) is 15.2 Å². The van der Waals surface area contributed by atoms with Crippen LogP contribution < -0.4 is 5.32 Å². The first kappa shape index (κ1) is 13.0. The van der Waals surface area contributed by atoms with Gasteiger partial charge in [-0.2, -0.15) is 0 Å². The van der Waals surface area contributed by atoms with Gasteiger partial charge in [-0.05, 0) is 45.3 Å². The summed E-state index contributed by atoms with van der Waals surface area (Å²) in [6, 6.07) is 0.373. The maximum Gasteiger partial charge on any atom is 0.0795 e. The molecule has 0 radical (unpaired) electrons. The second-order valence-electron chi connectivity index (χ2n) is 5.63. The summed E-state index contributed by atoms with van der Waals surface area (Å²) in [5.41, 5.74) is 3.54. The molecule has 2 heterocycles. The average Bonchev–Trinajstić information content (AvgIpc) is 2.84. The second-order valence-corrected chi connectivity index (χ2v) is 6.35. The summed E-state index contributed by atoms with van der Waals surface area (Å²) in [6.45, 7) is 8.15. The number of nitrogens with one attached hydrogen (secondary N) is 1. The first-order valence-electron chi connectivity index (χ1n) is 6.39. The normalized spacial score (nSPS) is 22.5. The molecule has 1 N–H and O–H groups in total. The van der Waals surface area contributed by atoms with Gasteiger partial charge in [-0.1, -0.05) is 6.92 Å². The van der Waals surface area contributed by atoms with Crippen molar-refractivity contribution in [2.24, 2.45) is 5.41 Å². The zero-order valence-electron chi connectivity index (χ0n) is 11.1. The summed E-state index contributed by atoms with van der Waals surface area (Å²) in [7, 11) is 2.21. The SMILES string of the molecule is CC(NCC1(C)CCN(C)CC1)c1cscn1. The van der Waals surface area contributed by atoms with Crippen molar-refractivity contribution in [2.45, 2.75) is 32.7 Å². The Morgan fingerprint density at radius 1 is 1.53 bits per heavy atom. The molecule has 0 bridgehead atoms. The van der Waals surface area contributed by atoms with E-state index in [0.717, 1.165) is 6.54 Å². The van der Waals surface area contributed by atoms with Gasteiger partial charge in [0.15, 0.2) is 0 Å². The zero-order valence-corrected chi connectivity index (χ0v) is 11.9. The molecule has 0 saturated carbocycles. The molecule has 0 amide bonds. The highest BCUT2D eigenvalue weighted by atomic mass is 32.1. The molecule has 1 unspecified atom stereocenters. The van der Waals surface area contributed by atoms with Crippen molar-refractivity contribution >= 4 is 11.3 Å². The number of piperidine rings is 1. The summed E-state index contributed by atoms with van der Waals surface area (Å²) >= 11 is 1.67. The fourth-order valence-electron chi connectivity index (χ4n) is 2.27. The van der Waals surface area contributed by atoms with Gasteiger partial charge in [-0.15, -0.1) is 11.3 Å². The Morgan fingerprint density at radius 3 is 2.82 bits per heavy atom. The minimum Gasteiger partial charge on any atom is -0.308 e. The Kier molecular flexibility index (Phi) is 4.17. The third-order valence-electron chi connectivity index (χ3n) is 3.92. The maximum atomic E-state index is 4.36. The molecule has 1 saturated heterocycles. The van der Waals surface area contributed by atoms with E-state index < -0.39 is 0 Å². The Hall–Kier alpha value is -0.450. The molecular weight excluding hydrogens is 230 g/mol. The summed E-state index contributed by atoms with van der Waals surface area (Å²) < 4.78 is 0. The minimum atomic E-state index is 0.373. The highest BCUT2D eigenvalue weighted by Gasteiger charge is 2.29. The fourth-order valence-corrected chi connectivity index (χ4v) is 2.92. The van der Waals surface area contributed by atoms with Gasteiger partial charge in [0.25, 0.3) is 0 Å². The van der Waals surface area contributed by atoms with Crippen molar-refractivity contribution < 1.29 is 0 Å². The predicted molar refractivity (Wildman–Crippen MR) is 73.4 cm³/mol. The topological polar surface area (TPSA) is 28.2 Å². The van der Waals surface area contributed by atoms with Crippen molar-refractivity contribution in [1.29, 1.82) is 0 Å². The molecule has 1 atom stereocenters. The molecule has 2 rings (SSSR count). The van der Waals surface area contributed by atoms with E-state index in [1.807, 2.05) is 5.51 Å². The van der Waals surface area contributed by atoms with Gasteiger partial charge in [0.05, 0.1) is 11.2 Å². The molecule has 1 aromatic heterocycles. The van der Waals surface area contributed by atoms with Crippen LogP contribution in [0.25, 0.3) is 0 Å². The first-order chi connectivity index (χ1) is 8.09. The number of rotatable bonds is 4. The first-order valence-corrected chi connectivity index (χ1v) is 7.33. The number of aromatic nitrogens is 1. The van der Waals surface area contributed by atoms with Crippen LogP contribution in [-0.2, 0) is 0 Å². The van der Waals surface area contributed by atoms with Crippen LogP contribution in [0.2, 0.25) is 0 Å². The number of thiazole rings is 1. The molecule has 1 fully saturated rings. The van der Waals surface area contributed by atoms with Crippen LogP contribution in [-0.4, -0.2) is 36.6 Å². The summed E-state index contributed by atoms with van der Waals surface area (Å²) in [5.74, 6) is 0. The van der Waals surface area contributed by atoms with Gasteiger partial charge in [-0.3, -0.25) is 0 Å². The Balaban J connectivity index is 1.81. The minimum absolute atomic E-state index is 0.373. The predicted octanol–water partition coefficient (Wildman–Crippen LogP) is 2.53. The van der Waals surface area contributed by atoms with E-state index >= 15 is 0 Å². The highest BCUT2D eigenvalue weighted by Crippen LogP contribution is 2.30. The van der Waals surface area contributed by atoms with E-state index in [1.54, 1.807) is 11.3 Å². The lowest BCUT2D eigenvalue weighted by Crippen LogP contribution is -2.42. The van der Waals surface area contributed by atoms with E-state index in [9.17, 15) is 0 Å². The van der Waals surface area contributed by atoms with Gasteiger partial charge < -0.3 is 10.2 Å². The number of hydrogen-bond acceptors (Lipinski definition) is 4. The third kappa shape index (κ3) is 3.50. The van der Waals surface area contributed by atoms with Gasteiger partial charge in [0.1, 0.15) is 0 Å². The fraction of sp³-hybridized carbons (Fsp3) is 0.769. The van der Waals surface area contributed by atoms with Crippen molar-refractivity contribution in [3.8, 4) is 0 Å². The Labute approximate surface area is 108 Å². The van der Waals surface area contributed by atoms with Crippen molar-refractivity contribution in [3.63, 3.8) is 0 Å². The smallest absolute Gasteiger partial charge is 0.0795 e. The van der Waals surface area contributed by atoms with Crippen LogP contribution in [0.15, 0.2) is 10.9 Å². The van der Waals surface area contributed by atoms with E-state index in [2.05, 4.69) is 41.5 Å². The Morgan fingerprint density at radius 2 is 2.24 bits per heavy atom. The lowest BCUT2D eigenvalue weighted by Gasteiger charge is -2.38.